The van der Waals surface area contributed by atoms with E-state index in [0.717, 1.165) is 0 Å². The number of hydrogen-bond donors (Lipinski definition) is 2. The topological polar surface area (TPSA) is 103 Å². The number of ether oxygens (including phenoxy) is 2. The van der Waals surface area contributed by atoms with Crippen molar-refractivity contribution >= 4 is 25.6 Å². The van der Waals surface area contributed by atoms with Crippen LogP contribution in [0.5, 0.6) is 11.5 Å². The van der Waals surface area contributed by atoms with E-state index in [-0.39, 0.29) is 18.0 Å². The van der Waals surface area contributed by atoms with Crippen molar-refractivity contribution in [2.24, 2.45) is 0 Å². The van der Waals surface area contributed by atoms with E-state index in [4.69, 9.17) is 18.8 Å². The van der Waals surface area contributed by atoms with E-state index in [1.165, 1.54) is 12.1 Å². The Hall–Kier alpha value is -2.52. The molecule has 0 aliphatic carbocycles. The number of phenols is 1. The predicted molar refractivity (Wildman–Crippen MR) is 123 cm³/mol. The first-order valence-electron chi connectivity index (χ1n) is 10.7. The minimum Gasteiger partial charge on any atom is -0.504 e. The number of alkyl carbamates (subject to hydrolysis) is 1. The third kappa shape index (κ3) is 6.26. The van der Waals surface area contributed by atoms with Crippen LogP contribution in [0.15, 0.2) is 17.6 Å². The van der Waals surface area contributed by atoms with Crippen LogP contribution in [0, 0.1) is 0 Å². The maximum absolute atomic E-state index is 12.2. The second-order valence-electron chi connectivity index (χ2n) is 9.67. The zero-order chi connectivity index (χ0) is 24.3. The van der Waals surface area contributed by atoms with Gasteiger partial charge in [0.15, 0.2) is 11.5 Å². The molecule has 2 rings (SSSR count). The van der Waals surface area contributed by atoms with Gasteiger partial charge in [-0.15, -0.1) is 0 Å². The van der Waals surface area contributed by atoms with Gasteiger partial charge >= 0.3 is 13.2 Å². The number of amides is 1. The van der Waals surface area contributed by atoms with E-state index in [2.05, 4.69) is 5.32 Å². The van der Waals surface area contributed by atoms with Gasteiger partial charge in [0.25, 0.3) is 0 Å². The SMILES string of the molecule is CCOc1cc(C=O)cc(C=C(CNC(=O)OC(C)(C)C)B2OC(C)(C)C(C)(C)O2)c1O. The highest BCUT2D eigenvalue weighted by atomic mass is 16.7. The summed E-state index contributed by atoms with van der Waals surface area (Å²) in [5.74, 6) is 0.0699. The molecule has 32 heavy (non-hydrogen) atoms. The standard InChI is InChI=1S/C23H34BNO7/c1-9-29-18-11-15(14-26)10-16(19(18)27)12-17(13-25-20(28)30-21(2,3)4)24-31-22(5,6)23(7,8)32-24/h10-12,14,27H,9,13H2,1-8H3,(H,25,28). The minimum atomic E-state index is -0.787. The molecule has 1 amide bonds. The molecule has 9 heteroatoms. The normalized spacial score (nSPS) is 17.8. The Morgan fingerprint density at radius 3 is 2.28 bits per heavy atom. The van der Waals surface area contributed by atoms with Crippen molar-refractivity contribution in [3.05, 3.63) is 28.7 Å². The van der Waals surface area contributed by atoms with Gasteiger partial charge in [-0.3, -0.25) is 4.79 Å². The van der Waals surface area contributed by atoms with Crippen LogP contribution in [0.2, 0.25) is 0 Å². The van der Waals surface area contributed by atoms with E-state index in [0.29, 0.717) is 29.5 Å². The molecule has 0 radical (unpaired) electrons. The summed E-state index contributed by atoms with van der Waals surface area (Å²) < 4.78 is 23.1. The maximum atomic E-state index is 12.2. The van der Waals surface area contributed by atoms with Crippen molar-refractivity contribution < 1.29 is 33.5 Å². The molecule has 1 heterocycles. The van der Waals surface area contributed by atoms with Crippen LogP contribution in [0.3, 0.4) is 0 Å². The fraction of sp³-hybridized carbons (Fsp3) is 0.565. The Balaban J connectivity index is 2.45. The van der Waals surface area contributed by atoms with Crippen molar-refractivity contribution in [1.29, 1.82) is 0 Å². The summed E-state index contributed by atoms with van der Waals surface area (Å²) in [4.78, 5) is 23.6. The highest BCUT2D eigenvalue weighted by Crippen LogP contribution is 2.40. The summed E-state index contributed by atoms with van der Waals surface area (Å²) in [5, 5.41) is 13.4. The summed E-state index contributed by atoms with van der Waals surface area (Å²) in [6.45, 7) is 15.1. The van der Waals surface area contributed by atoms with E-state index in [9.17, 15) is 14.7 Å². The summed E-state index contributed by atoms with van der Waals surface area (Å²) in [7, 11) is -0.787. The quantitative estimate of drug-likeness (QED) is 0.478. The highest BCUT2D eigenvalue weighted by molar-refractivity contribution is 6.56. The molecule has 0 atom stereocenters. The molecule has 176 valence electrons. The fourth-order valence-electron chi connectivity index (χ4n) is 2.98. The van der Waals surface area contributed by atoms with Crippen LogP contribution in [0.4, 0.5) is 4.79 Å². The third-order valence-electron chi connectivity index (χ3n) is 5.30. The summed E-state index contributed by atoms with van der Waals surface area (Å²) >= 11 is 0. The predicted octanol–water partition coefficient (Wildman–Crippen LogP) is 4.14. The van der Waals surface area contributed by atoms with Crippen LogP contribution >= 0.6 is 0 Å². The number of benzene rings is 1. The van der Waals surface area contributed by atoms with Crippen molar-refractivity contribution in [2.75, 3.05) is 13.2 Å². The first kappa shape index (κ1) is 25.7. The molecular formula is C23H34BNO7. The first-order valence-corrected chi connectivity index (χ1v) is 10.7. The highest BCUT2D eigenvalue weighted by Gasteiger charge is 2.52. The molecule has 0 unspecified atom stereocenters. The number of aromatic hydroxyl groups is 1. The second kappa shape index (κ2) is 9.54. The number of carbonyl (C=O) groups excluding carboxylic acids is 2. The molecule has 8 nitrogen and oxygen atoms in total. The lowest BCUT2D eigenvalue weighted by atomic mass is 9.76. The van der Waals surface area contributed by atoms with Crippen molar-refractivity contribution in [1.82, 2.24) is 5.32 Å². The van der Waals surface area contributed by atoms with E-state index in [1.807, 2.05) is 27.7 Å². The van der Waals surface area contributed by atoms with Crippen LogP contribution in [0.1, 0.15) is 71.3 Å². The first-order chi connectivity index (χ1) is 14.7. The van der Waals surface area contributed by atoms with Crippen LogP contribution in [0.25, 0.3) is 6.08 Å². The Labute approximate surface area is 190 Å². The van der Waals surface area contributed by atoms with Gasteiger partial charge in [-0.2, -0.15) is 0 Å². The molecule has 1 aliphatic rings. The molecule has 1 aromatic carbocycles. The van der Waals surface area contributed by atoms with Crippen LogP contribution < -0.4 is 10.1 Å². The molecule has 2 N–H and O–H groups in total. The van der Waals surface area contributed by atoms with Gasteiger partial charge in [-0.25, -0.2) is 4.79 Å². The van der Waals surface area contributed by atoms with Gasteiger partial charge in [-0.05, 0) is 73.0 Å². The summed E-state index contributed by atoms with van der Waals surface area (Å²) in [6, 6.07) is 3.00. The summed E-state index contributed by atoms with van der Waals surface area (Å²) in [5.41, 5.74) is -0.645. The Morgan fingerprint density at radius 1 is 1.19 bits per heavy atom. The van der Waals surface area contributed by atoms with Gasteiger partial charge < -0.3 is 29.2 Å². The van der Waals surface area contributed by atoms with Crippen LogP contribution in [-0.2, 0) is 14.0 Å². The average Bonchev–Trinajstić information content (AvgIpc) is 2.87. The van der Waals surface area contributed by atoms with Crippen molar-refractivity contribution in [3.63, 3.8) is 0 Å². The number of nitrogens with one attached hydrogen (secondary N) is 1. The summed E-state index contributed by atoms with van der Waals surface area (Å²) in [6.07, 6.45) is 1.71. The Bertz CT molecular complexity index is 871. The molecule has 0 aromatic heterocycles. The number of phenolic OH excluding ortho intramolecular Hbond substituents is 1. The van der Waals surface area contributed by atoms with Gasteiger partial charge in [-0.1, -0.05) is 6.08 Å². The van der Waals surface area contributed by atoms with Gasteiger partial charge in [0.2, 0.25) is 0 Å². The molecule has 0 spiro atoms. The van der Waals surface area contributed by atoms with E-state index in [1.54, 1.807) is 33.8 Å². The second-order valence-corrected chi connectivity index (χ2v) is 9.67. The smallest absolute Gasteiger partial charge is 0.492 e. The van der Waals surface area contributed by atoms with E-state index < -0.39 is 30.0 Å². The lowest BCUT2D eigenvalue weighted by molar-refractivity contribution is 0.00578. The third-order valence-corrected chi connectivity index (χ3v) is 5.30. The molecule has 1 fully saturated rings. The Kier molecular flexibility index (Phi) is 7.68. The largest absolute Gasteiger partial charge is 0.504 e. The number of rotatable bonds is 7. The average molecular weight is 447 g/mol. The molecule has 1 saturated heterocycles. The van der Waals surface area contributed by atoms with Gasteiger partial charge in [0.05, 0.1) is 17.8 Å². The molecule has 0 saturated carbocycles. The maximum Gasteiger partial charge on any atom is 0.492 e. The zero-order valence-electron chi connectivity index (χ0n) is 20.2. The fourth-order valence-corrected chi connectivity index (χ4v) is 2.98. The van der Waals surface area contributed by atoms with Crippen molar-refractivity contribution in [3.8, 4) is 11.5 Å². The van der Waals surface area contributed by atoms with Crippen LogP contribution in [-0.4, -0.2) is 54.6 Å². The minimum absolute atomic E-state index is 0.0421. The van der Waals surface area contributed by atoms with Crippen molar-refractivity contribution in [2.45, 2.75) is 72.2 Å². The molecule has 1 aromatic rings. The number of carbonyl (C=O) groups is 2. The Morgan fingerprint density at radius 2 is 1.78 bits per heavy atom. The molecule has 1 aliphatic heterocycles. The van der Waals surface area contributed by atoms with Gasteiger partial charge in [0, 0.05) is 17.7 Å². The molecular weight excluding hydrogens is 413 g/mol. The zero-order valence-corrected chi connectivity index (χ0v) is 20.2. The number of aldehydes is 1. The number of hydrogen-bond acceptors (Lipinski definition) is 7. The lowest BCUT2D eigenvalue weighted by Crippen LogP contribution is -2.41. The van der Waals surface area contributed by atoms with E-state index >= 15 is 0 Å². The monoisotopic (exact) mass is 447 g/mol. The molecule has 0 bridgehead atoms. The lowest BCUT2D eigenvalue weighted by Gasteiger charge is -2.32. The van der Waals surface area contributed by atoms with Gasteiger partial charge in [0.1, 0.15) is 11.9 Å².